The van der Waals surface area contributed by atoms with Crippen molar-refractivity contribution in [3.63, 3.8) is 0 Å². The molecule has 0 bridgehead atoms. The van der Waals surface area contributed by atoms with Crippen LogP contribution in [0.25, 0.3) is 16.6 Å². The van der Waals surface area contributed by atoms with Crippen LogP contribution in [0.4, 0.5) is 0 Å². The maximum absolute atomic E-state index is 11.0. The van der Waals surface area contributed by atoms with Gasteiger partial charge in [-0.05, 0) is 167 Å². The first-order valence-corrected chi connectivity index (χ1v) is 24.1. The summed E-state index contributed by atoms with van der Waals surface area (Å²) in [5.41, 5.74) is 9.93. The molecule has 0 amide bonds. The van der Waals surface area contributed by atoms with E-state index in [0.717, 1.165) is 91.4 Å². The van der Waals surface area contributed by atoms with Gasteiger partial charge in [0.1, 0.15) is 0 Å². The molecule has 0 aliphatic heterocycles. The highest BCUT2D eigenvalue weighted by atomic mass is 16.3. The van der Waals surface area contributed by atoms with Gasteiger partial charge in [0.2, 0.25) is 0 Å². The number of rotatable bonds is 9. The summed E-state index contributed by atoms with van der Waals surface area (Å²) in [5.74, 6) is 2.23. The van der Waals surface area contributed by atoms with E-state index in [0.29, 0.717) is 37.0 Å². The second-order valence-corrected chi connectivity index (χ2v) is 20.0. The Bertz CT molecular complexity index is 2210. The van der Waals surface area contributed by atoms with Crippen LogP contribution in [-0.2, 0) is 0 Å². The Hall–Kier alpha value is -4.17. The molecule has 0 radical (unpaired) electrons. The number of hydrogen-bond acceptors (Lipinski definition) is 9. The summed E-state index contributed by atoms with van der Waals surface area (Å²) in [6.45, 7) is 0. The van der Waals surface area contributed by atoms with E-state index in [1.165, 1.54) is 55.2 Å². The highest BCUT2D eigenvalue weighted by Crippen LogP contribution is 2.48. The van der Waals surface area contributed by atoms with E-state index in [2.05, 4.69) is 51.4 Å². The highest BCUT2D eigenvalue weighted by molar-refractivity contribution is 5.52. The molecule has 6 aromatic rings. The van der Waals surface area contributed by atoms with Crippen molar-refractivity contribution in [2.45, 2.75) is 170 Å². The zero-order chi connectivity index (χ0) is 43.2. The van der Waals surface area contributed by atoms with Crippen LogP contribution in [0, 0.1) is 17.8 Å². The molecule has 0 aromatic carbocycles. The lowest BCUT2D eigenvalue weighted by molar-refractivity contribution is 0.0260. The molecule has 6 heterocycles. The van der Waals surface area contributed by atoms with Gasteiger partial charge in [0.25, 0.3) is 0 Å². The van der Waals surface area contributed by atoms with Crippen molar-refractivity contribution >= 4 is 16.6 Å². The number of fused-ring (bicyclic) bond motifs is 3. The molecule has 12 nitrogen and oxygen atoms in total. The fourth-order valence-electron chi connectivity index (χ4n) is 11.4. The van der Waals surface area contributed by atoms with E-state index in [1.54, 1.807) is 19.0 Å². The van der Waals surface area contributed by atoms with Crippen LogP contribution in [0.3, 0.4) is 0 Å². The van der Waals surface area contributed by atoms with Gasteiger partial charge in [-0.25, -0.2) is 15.0 Å². The molecule has 6 aliphatic carbocycles. The fourth-order valence-corrected chi connectivity index (χ4v) is 11.4. The van der Waals surface area contributed by atoms with Gasteiger partial charge in [-0.3, -0.25) is 0 Å². The molecule has 336 valence electrons. The second kappa shape index (κ2) is 18.4. The molecule has 63 heavy (non-hydrogen) atoms. The van der Waals surface area contributed by atoms with Crippen molar-refractivity contribution in [2.75, 3.05) is 0 Å². The summed E-state index contributed by atoms with van der Waals surface area (Å²) in [6.07, 6.45) is 26.6. The molecule has 6 fully saturated rings. The average Bonchev–Trinajstić information content (AvgIpc) is 4.27. The number of pyridine rings is 3. The molecular formula is C51H66N6O6. The van der Waals surface area contributed by atoms with Crippen molar-refractivity contribution in [3.8, 4) is 0 Å². The fraction of sp³-hybridized carbons (Fsp3) is 0.588. The molecule has 6 aliphatic rings. The normalized spacial score (nSPS) is 27.9. The van der Waals surface area contributed by atoms with E-state index >= 15 is 0 Å². The van der Waals surface area contributed by atoms with Crippen LogP contribution in [-0.4, -0.2) is 77.1 Å². The van der Waals surface area contributed by atoms with Gasteiger partial charge >= 0.3 is 0 Å². The van der Waals surface area contributed by atoms with Crippen LogP contribution in [0.2, 0.25) is 0 Å². The number of aliphatic hydroxyl groups excluding tert-OH is 6. The Kier molecular flexibility index (Phi) is 12.5. The molecule has 12 heteroatoms. The third kappa shape index (κ3) is 9.22. The Labute approximate surface area is 369 Å². The minimum Gasteiger partial charge on any atom is -0.393 e. The Morgan fingerprint density at radius 3 is 0.937 bits per heavy atom. The van der Waals surface area contributed by atoms with Crippen molar-refractivity contribution in [1.82, 2.24) is 28.2 Å². The first-order valence-electron chi connectivity index (χ1n) is 24.1. The van der Waals surface area contributed by atoms with Gasteiger partial charge in [0, 0.05) is 0 Å². The largest absolute Gasteiger partial charge is 0.393 e. The topological polar surface area (TPSA) is 173 Å². The van der Waals surface area contributed by atoms with Crippen LogP contribution >= 0.6 is 0 Å². The molecule has 0 spiro atoms. The summed E-state index contributed by atoms with van der Waals surface area (Å²) in [5, 5.41) is 62.7. The maximum Gasteiger partial charge on any atom is 0.0995 e. The monoisotopic (exact) mass is 859 g/mol. The van der Waals surface area contributed by atoms with Gasteiger partial charge in [0.15, 0.2) is 0 Å². The highest BCUT2D eigenvalue weighted by Gasteiger charge is 2.37. The van der Waals surface area contributed by atoms with E-state index in [9.17, 15) is 30.6 Å². The smallest absolute Gasteiger partial charge is 0.0995 e. The maximum atomic E-state index is 11.0. The van der Waals surface area contributed by atoms with Crippen molar-refractivity contribution in [1.29, 1.82) is 0 Å². The third-order valence-corrected chi connectivity index (χ3v) is 15.3. The zero-order valence-electron chi connectivity index (χ0n) is 36.5. The molecular weight excluding hydrogens is 793 g/mol. The lowest BCUT2D eigenvalue weighted by Crippen LogP contribution is -2.26. The van der Waals surface area contributed by atoms with Gasteiger partial charge in [-0.2, -0.15) is 0 Å². The predicted octanol–water partition coefficient (Wildman–Crippen LogP) is 8.39. The van der Waals surface area contributed by atoms with Crippen molar-refractivity contribution < 1.29 is 30.6 Å². The van der Waals surface area contributed by atoms with E-state index in [-0.39, 0.29) is 36.1 Å². The standard InChI is InChI=1S/3C17H22N2O2/c3*20-14-3-1-2-12(8-14)17(21)16-15(11-4-5-11)7-6-13-9-18-10-19(13)16/h3*6-7,9-12,14,17,20-21H,1-5,8H2. The Balaban J connectivity index is 0.000000112. The quantitative estimate of drug-likeness (QED) is 0.0835. The number of nitrogens with zero attached hydrogens (tertiary/aromatic N) is 6. The van der Waals surface area contributed by atoms with Crippen molar-refractivity contribution in [3.05, 3.63) is 108 Å². The van der Waals surface area contributed by atoms with Gasteiger partial charge in [-0.1, -0.05) is 37.5 Å². The van der Waals surface area contributed by atoms with E-state index in [1.807, 2.05) is 31.8 Å². The summed E-state index contributed by atoms with van der Waals surface area (Å²) >= 11 is 0. The average molecular weight is 859 g/mol. The minimum absolute atomic E-state index is 0.152. The van der Waals surface area contributed by atoms with E-state index < -0.39 is 18.3 Å². The molecule has 9 atom stereocenters. The van der Waals surface area contributed by atoms with Gasteiger partial charge in [-0.15, -0.1) is 0 Å². The molecule has 9 unspecified atom stereocenters. The molecule has 6 aromatic heterocycles. The van der Waals surface area contributed by atoms with E-state index in [4.69, 9.17) is 0 Å². The van der Waals surface area contributed by atoms with Crippen molar-refractivity contribution in [2.24, 2.45) is 17.8 Å². The first-order chi connectivity index (χ1) is 30.7. The summed E-state index contributed by atoms with van der Waals surface area (Å²) in [7, 11) is 0. The van der Waals surface area contributed by atoms with Gasteiger partial charge in [0.05, 0.1) is 108 Å². The SMILES string of the molecule is OC1CCCC(C(O)c2c(C3CC3)ccc3cncn23)C1.OC1CCCC(C(O)c2c(C3CC3)ccc3cncn23)C1.OC1CCCC(C(O)c2c(C3CC3)ccc3cncn23)C1. The summed E-state index contributed by atoms with van der Waals surface area (Å²) in [4.78, 5) is 12.7. The molecule has 6 N–H and O–H groups in total. The molecule has 0 saturated heterocycles. The summed E-state index contributed by atoms with van der Waals surface area (Å²) < 4.78 is 6.12. The third-order valence-electron chi connectivity index (χ3n) is 15.3. The van der Waals surface area contributed by atoms with Crippen LogP contribution in [0.15, 0.2) is 74.0 Å². The minimum atomic E-state index is -0.506. The zero-order valence-corrected chi connectivity index (χ0v) is 36.5. The lowest BCUT2D eigenvalue weighted by Gasteiger charge is -2.31. The number of imidazole rings is 3. The molecule has 6 saturated carbocycles. The lowest BCUT2D eigenvalue weighted by atomic mass is 9.81. The van der Waals surface area contributed by atoms with Gasteiger partial charge < -0.3 is 43.8 Å². The first kappa shape index (κ1) is 42.8. The van der Waals surface area contributed by atoms with Crippen LogP contribution in [0.1, 0.15) is 185 Å². The predicted molar refractivity (Wildman–Crippen MR) is 240 cm³/mol. The number of aromatic nitrogens is 6. The Morgan fingerprint density at radius 1 is 0.397 bits per heavy atom. The second-order valence-electron chi connectivity index (χ2n) is 20.0. The Morgan fingerprint density at radius 2 is 0.683 bits per heavy atom. The number of hydrogen-bond donors (Lipinski definition) is 6. The molecule has 12 rings (SSSR count). The van der Waals surface area contributed by atoms with Crippen LogP contribution < -0.4 is 0 Å². The number of aliphatic hydroxyl groups is 6. The summed E-state index contributed by atoms with van der Waals surface area (Å²) in [6, 6.07) is 12.7. The van der Waals surface area contributed by atoms with Crippen LogP contribution in [0.5, 0.6) is 0 Å².